The second kappa shape index (κ2) is 10.1. The zero-order valence-electron chi connectivity index (χ0n) is 18.6. The maximum absolute atomic E-state index is 12.7. The summed E-state index contributed by atoms with van der Waals surface area (Å²) in [5, 5.41) is 6.39. The maximum atomic E-state index is 12.7. The zero-order valence-corrected chi connectivity index (χ0v) is 20.2. The number of sulfonamides is 1. The van der Waals surface area contributed by atoms with Crippen molar-refractivity contribution < 1.29 is 39.9 Å². The van der Waals surface area contributed by atoms with Crippen LogP contribution in [0.25, 0.3) is 0 Å². The number of sulfone groups is 1. The number of hydrogen-bond acceptors (Lipinski definition) is 7. The molecule has 192 valence electrons. The lowest BCUT2D eigenvalue weighted by molar-refractivity contribution is -0.192. The van der Waals surface area contributed by atoms with Gasteiger partial charge in [0.2, 0.25) is 10.0 Å². The lowest BCUT2D eigenvalue weighted by Gasteiger charge is -2.39. The topological polar surface area (TPSA) is 125 Å². The molecule has 14 heteroatoms. The van der Waals surface area contributed by atoms with E-state index in [1.54, 1.807) is 4.31 Å². The van der Waals surface area contributed by atoms with Crippen molar-refractivity contribution in [2.24, 2.45) is 0 Å². The van der Waals surface area contributed by atoms with Crippen LogP contribution in [0.1, 0.15) is 37.1 Å². The SMILES string of the molecule is Cc1cccc(CN2CCS(=O)(=O)[C@@H]3CCN(S(=O)(=O)C4CC4)CC[C@@H]32)n1.O=C(O)C(F)(F)F. The minimum atomic E-state index is -5.08. The Balaban J connectivity index is 0.000000406. The monoisotopic (exact) mass is 527 g/mol. The van der Waals surface area contributed by atoms with Crippen molar-refractivity contribution in [2.75, 3.05) is 25.4 Å². The fourth-order valence-corrected chi connectivity index (χ4v) is 8.28. The first-order valence-corrected chi connectivity index (χ1v) is 14.1. The van der Waals surface area contributed by atoms with Crippen LogP contribution >= 0.6 is 0 Å². The van der Waals surface area contributed by atoms with Gasteiger partial charge in [0.15, 0.2) is 9.84 Å². The lowest BCUT2D eigenvalue weighted by Crippen LogP contribution is -2.54. The molecule has 0 amide bonds. The summed E-state index contributed by atoms with van der Waals surface area (Å²) >= 11 is 0. The molecular weight excluding hydrogens is 499 g/mol. The predicted octanol–water partition coefficient (Wildman–Crippen LogP) is 1.58. The molecular formula is C20H28F3N3O6S2. The molecule has 0 aromatic carbocycles. The highest BCUT2D eigenvalue weighted by Gasteiger charge is 2.46. The Hall–Kier alpha value is -1.77. The van der Waals surface area contributed by atoms with Crippen LogP contribution in [0.15, 0.2) is 18.2 Å². The molecule has 3 aliphatic rings. The highest BCUT2D eigenvalue weighted by atomic mass is 32.2. The number of aryl methyl sites for hydroxylation is 1. The summed E-state index contributed by atoms with van der Waals surface area (Å²) in [6, 6.07) is 5.73. The molecule has 0 radical (unpaired) electrons. The minimum Gasteiger partial charge on any atom is -0.475 e. The van der Waals surface area contributed by atoms with Crippen LogP contribution in [-0.4, -0.2) is 90.2 Å². The Morgan fingerprint density at radius 1 is 1.15 bits per heavy atom. The van der Waals surface area contributed by atoms with Crippen molar-refractivity contribution in [3.63, 3.8) is 0 Å². The summed E-state index contributed by atoms with van der Waals surface area (Å²) in [5.41, 5.74) is 1.87. The molecule has 4 rings (SSSR count). The van der Waals surface area contributed by atoms with Crippen LogP contribution in [0.3, 0.4) is 0 Å². The van der Waals surface area contributed by atoms with Crippen molar-refractivity contribution in [1.82, 2.24) is 14.2 Å². The van der Waals surface area contributed by atoms with Gasteiger partial charge in [0.1, 0.15) is 0 Å². The van der Waals surface area contributed by atoms with Gasteiger partial charge in [-0.05, 0) is 44.7 Å². The normalized spacial score (nSPS) is 26.0. The van der Waals surface area contributed by atoms with Gasteiger partial charge in [0.05, 0.1) is 21.9 Å². The van der Waals surface area contributed by atoms with E-state index in [0.29, 0.717) is 39.0 Å². The summed E-state index contributed by atoms with van der Waals surface area (Å²) < 4.78 is 84.0. The number of carboxylic acids is 1. The van der Waals surface area contributed by atoms with Crippen molar-refractivity contribution in [3.05, 3.63) is 29.6 Å². The molecule has 0 bridgehead atoms. The standard InChI is InChI=1S/C18H27N3O4S2.C2HF3O2/c1-14-3-2-4-15(19-14)13-20-11-12-26(22,23)18-8-10-21(9-7-17(18)20)27(24,25)16-5-6-16;3-2(4,5)1(6)7/h2-4,16-18H,5-13H2,1H3;(H,6,7)/t17-,18+;/m0./s1. The predicted molar refractivity (Wildman–Crippen MR) is 117 cm³/mol. The molecule has 1 saturated carbocycles. The van der Waals surface area contributed by atoms with Gasteiger partial charge in [-0.2, -0.15) is 13.2 Å². The molecule has 2 atom stereocenters. The van der Waals surface area contributed by atoms with Crippen LogP contribution < -0.4 is 0 Å². The first-order valence-electron chi connectivity index (χ1n) is 10.9. The van der Waals surface area contributed by atoms with E-state index in [1.165, 1.54) is 0 Å². The van der Waals surface area contributed by atoms with Crippen LogP contribution in [0, 0.1) is 6.92 Å². The van der Waals surface area contributed by atoms with Gasteiger partial charge < -0.3 is 5.11 Å². The highest BCUT2D eigenvalue weighted by molar-refractivity contribution is 7.92. The van der Waals surface area contributed by atoms with Crippen molar-refractivity contribution in [2.45, 2.75) is 61.9 Å². The van der Waals surface area contributed by atoms with Crippen LogP contribution in [0.2, 0.25) is 0 Å². The second-order valence-corrected chi connectivity index (χ2v) is 13.3. The number of carbonyl (C=O) groups is 1. The zero-order chi connectivity index (χ0) is 25.3. The fraction of sp³-hybridized carbons (Fsp3) is 0.700. The van der Waals surface area contributed by atoms with Gasteiger partial charge in [0, 0.05) is 37.9 Å². The average molecular weight is 528 g/mol. The molecule has 2 aliphatic heterocycles. The summed E-state index contributed by atoms with van der Waals surface area (Å²) in [7, 11) is -6.46. The molecule has 3 fully saturated rings. The molecule has 1 aromatic heterocycles. The van der Waals surface area contributed by atoms with E-state index in [9.17, 15) is 30.0 Å². The fourth-order valence-electron chi connectivity index (χ4n) is 4.36. The Kier molecular flexibility index (Phi) is 7.95. The number of hydrogen-bond donors (Lipinski definition) is 1. The Morgan fingerprint density at radius 2 is 1.76 bits per heavy atom. The smallest absolute Gasteiger partial charge is 0.475 e. The molecule has 34 heavy (non-hydrogen) atoms. The third kappa shape index (κ3) is 6.46. The number of pyridine rings is 1. The molecule has 9 nitrogen and oxygen atoms in total. The van der Waals surface area contributed by atoms with Crippen molar-refractivity contribution in [3.8, 4) is 0 Å². The molecule has 1 N–H and O–H groups in total. The summed E-state index contributed by atoms with van der Waals surface area (Å²) in [6.07, 6.45) is -2.68. The number of aromatic nitrogens is 1. The number of fused-ring (bicyclic) bond motifs is 1. The summed E-state index contributed by atoms with van der Waals surface area (Å²) in [6.45, 7) is 3.75. The number of rotatable bonds is 4. The number of aliphatic carboxylic acids is 1. The Labute approximate surface area is 196 Å². The van der Waals surface area contributed by atoms with Gasteiger partial charge >= 0.3 is 12.1 Å². The lowest BCUT2D eigenvalue weighted by atomic mass is 10.1. The van der Waals surface area contributed by atoms with Crippen LogP contribution in [-0.2, 0) is 31.2 Å². The highest BCUT2D eigenvalue weighted by Crippen LogP contribution is 2.35. The van der Waals surface area contributed by atoms with E-state index in [1.807, 2.05) is 25.1 Å². The van der Waals surface area contributed by atoms with E-state index in [2.05, 4.69) is 9.88 Å². The van der Waals surface area contributed by atoms with E-state index in [0.717, 1.165) is 24.2 Å². The number of carboxylic acid groups (broad SMARTS) is 1. The molecule has 0 spiro atoms. The minimum absolute atomic E-state index is 0.134. The molecule has 1 aliphatic carbocycles. The summed E-state index contributed by atoms with van der Waals surface area (Å²) in [4.78, 5) is 15.6. The third-order valence-corrected chi connectivity index (χ3v) is 10.8. The van der Waals surface area contributed by atoms with Gasteiger partial charge in [-0.3, -0.25) is 9.88 Å². The van der Waals surface area contributed by atoms with Crippen molar-refractivity contribution in [1.29, 1.82) is 0 Å². The van der Waals surface area contributed by atoms with E-state index >= 15 is 0 Å². The van der Waals surface area contributed by atoms with Gasteiger partial charge in [-0.1, -0.05) is 6.07 Å². The molecule has 3 heterocycles. The summed E-state index contributed by atoms with van der Waals surface area (Å²) in [5.74, 6) is -2.62. The number of alkyl halides is 3. The third-order valence-electron chi connectivity index (χ3n) is 6.22. The van der Waals surface area contributed by atoms with Gasteiger partial charge in [-0.25, -0.2) is 25.9 Å². The number of halogens is 3. The molecule has 2 saturated heterocycles. The van der Waals surface area contributed by atoms with Gasteiger partial charge in [0.25, 0.3) is 0 Å². The first kappa shape index (κ1) is 26.8. The van der Waals surface area contributed by atoms with Crippen molar-refractivity contribution >= 4 is 25.8 Å². The largest absolute Gasteiger partial charge is 0.490 e. The average Bonchev–Trinajstić information content (AvgIpc) is 3.57. The van der Waals surface area contributed by atoms with E-state index < -0.39 is 37.3 Å². The number of nitrogens with zero attached hydrogens (tertiary/aromatic N) is 3. The Morgan fingerprint density at radius 3 is 2.32 bits per heavy atom. The van der Waals surface area contributed by atoms with E-state index in [4.69, 9.17) is 9.90 Å². The first-order chi connectivity index (χ1) is 15.7. The van der Waals surface area contributed by atoms with Gasteiger partial charge in [-0.15, -0.1) is 0 Å². The maximum Gasteiger partial charge on any atom is 0.490 e. The Bertz CT molecular complexity index is 1110. The second-order valence-electron chi connectivity index (χ2n) is 8.74. The van der Waals surface area contributed by atoms with Crippen LogP contribution in [0.4, 0.5) is 13.2 Å². The molecule has 1 aromatic rings. The quantitative estimate of drug-likeness (QED) is 0.626. The van der Waals surface area contributed by atoms with E-state index in [-0.39, 0.29) is 17.0 Å². The molecule has 0 unspecified atom stereocenters. The van der Waals surface area contributed by atoms with Crippen LogP contribution in [0.5, 0.6) is 0 Å².